The Morgan fingerprint density at radius 2 is 1.72 bits per heavy atom. The van der Waals surface area contributed by atoms with Crippen molar-refractivity contribution < 1.29 is 4.79 Å². The molecule has 0 saturated heterocycles. The standard InChI is InChI=1S/C22H32N2O/c1-5-8-9-10-17-11-13-18(14-12-17)21-15-20(22(23)25)16(4)24(21)19(6-2)7-3/h11-15,19H,5-10H2,1-4H3,(H2,23,25). The maximum absolute atomic E-state index is 11.8. The fourth-order valence-corrected chi connectivity index (χ4v) is 3.64. The number of aryl methyl sites for hydroxylation is 1. The maximum Gasteiger partial charge on any atom is 0.250 e. The third kappa shape index (κ3) is 4.33. The second kappa shape index (κ2) is 8.89. The van der Waals surface area contributed by atoms with E-state index >= 15 is 0 Å². The Kier molecular flexibility index (Phi) is 6.86. The van der Waals surface area contributed by atoms with E-state index < -0.39 is 0 Å². The molecule has 1 aromatic carbocycles. The minimum Gasteiger partial charge on any atom is -0.366 e. The van der Waals surface area contributed by atoms with E-state index in [9.17, 15) is 4.79 Å². The molecule has 0 saturated carbocycles. The number of benzene rings is 1. The summed E-state index contributed by atoms with van der Waals surface area (Å²) in [5.41, 5.74) is 10.8. The van der Waals surface area contributed by atoms with Crippen LogP contribution in [0.15, 0.2) is 30.3 Å². The third-order valence-corrected chi connectivity index (χ3v) is 5.18. The zero-order chi connectivity index (χ0) is 18.4. The molecule has 0 bridgehead atoms. The average Bonchev–Trinajstić information content (AvgIpc) is 2.95. The van der Waals surface area contributed by atoms with E-state index in [1.54, 1.807) is 0 Å². The molecule has 0 unspecified atom stereocenters. The highest BCUT2D eigenvalue weighted by Crippen LogP contribution is 2.32. The summed E-state index contributed by atoms with van der Waals surface area (Å²) in [6.07, 6.45) is 6.97. The summed E-state index contributed by atoms with van der Waals surface area (Å²) in [6, 6.07) is 11.1. The van der Waals surface area contributed by atoms with Gasteiger partial charge in [-0.1, -0.05) is 57.9 Å². The Hall–Kier alpha value is -2.03. The Morgan fingerprint density at radius 3 is 2.24 bits per heavy atom. The number of hydrogen-bond acceptors (Lipinski definition) is 1. The van der Waals surface area contributed by atoms with Crippen molar-refractivity contribution in [3.8, 4) is 11.3 Å². The molecule has 0 aliphatic carbocycles. The van der Waals surface area contributed by atoms with Crippen molar-refractivity contribution in [2.24, 2.45) is 5.73 Å². The lowest BCUT2D eigenvalue weighted by atomic mass is 10.0. The zero-order valence-corrected chi connectivity index (χ0v) is 16.1. The highest BCUT2D eigenvalue weighted by atomic mass is 16.1. The van der Waals surface area contributed by atoms with Crippen molar-refractivity contribution in [3.05, 3.63) is 47.2 Å². The molecule has 0 radical (unpaired) electrons. The summed E-state index contributed by atoms with van der Waals surface area (Å²) in [7, 11) is 0. The van der Waals surface area contributed by atoms with E-state index in [0.29, 0.717) is 11.6 Å². The van der Waals surface area contributed by atoms with Gasteiger partial charge in [-0.25, -0.2) is 0 Å². The predicted molar refractivity (Wildman–Crippen MR) is 106 cm³/mol. The minimum atomic E-state index is -0.348. The number of hydrogen-bond donors (Lipinski definition) is 1. The highest BCUT2D eigenvalue weighted by Gasteiger charge is 2.20. The Morgan fingerprint density at radius 1 is 1.08 bits per heavy atom. The van der Waals surface area contributed by atoms with Crippen LogP contribution in [-0.4, -0.2) is 10.5 Å². The van der Waals surface area contributed by atoms with Crippen LogP contribution in [0.25, 0.3) is 11.3 Å². The molecule has 1 amide bonds. The highest BCUT2D eigenvalue weighted by molar-refractivity contribution is 5.95. The van der Waals surface area contributed by atoms with Crippen molar-refractivity contribution in [2.45, 2.75) is 72.3 Å². The monoisotopic (exact) mass is 340 g/mol. The molecule has 1 aromatic heterocycles. The number of unbranched alkanes of at least 4 members (excludes halogenated alkanes) is 2. The van der Waals surface area contributed by atoms with Gasteiger partial charge in [0.15, 0.2) is 0 Å². The van der Waals surface area contributed by atoms with Crippen LogP contribution >= 0.6 is 0 Å². The Bertz CT molecular complexity index is 694. The lowest BCUT2D eigenvalue weighted by Gasteiger charge is -2.21. The number of primary amides is 1. The van der Waals surface area contributed by atoms with Gasteiger partial charge in [0.1, 0.15) is 0 Å². The second-order valence-corrected chi connectivity index (χ2v) is 6.89. The molecule has 2 rings (SSSR count). The summed E-state index contributed by atoms with van der Waals surface area (Å²) >= 11 is 0. The predicted octanol–water partition coefficient (Wildman–Crippen LogP) is 5.66. The lowest BCUT2D eigenvalue weighted by molar-refractivity contribution is 0.0999. The first kappa shape index (κ1) is 19.3. The summed E-state index contributed by atoms with van der Waals surface area (Å²) in [5.74, 6) is -0.348. The molecule has 0 atom stereocenters. The van der Waals surface area contributed by atoms with E-state index in [1.165, 1.54) is 24.8 Å². The van der Waals surface area contributed by atoms with Gasteiger partial charge >= 0.3 is 0 Å². The number of carbonyl (C=O) groups excluding carboxylic acids is 1. The van der Waals surface area contributed by atoms with Crippen LogP contribution in [0.1, 0.15) is 80.5 Å². The number of nitrogens with zero attached hydrogens (tertiary/aromatic N) is 1. The van der Waals surface area contributed by atoms with Crippen molar-refractivity contribution in [3.63, 3.8) is 0 Å². The molecule has 136 valence electrons. The van der Waals surface area contributed by atoms with Gasteiger partial charge in [-0.05, 0) is 49.8 Å². The number of amides is 1. The summed E-state index contributed by atoms with van der Waals surface area (Å²) in [6.45, 7) is 8.62. The van der Waals surface area contributed by atoms with Crippen molar-refractivity contribution in [1.82, 2.24) is 4.57 Å². The van der Waals surface area contributed by atoms with E-state index in [0.717, 1.165) is 36.2 Å². The smallest absolute Gasteiger partial charge is 0.250 e. The molecular formula is C22H32N2O. The maximum atomic E-state index is 11.8. The van der Waals surface area contributed by atoms with Crippen LogP contribution in [0.2, 0.25) is 0 Å². The molecule has 2 N–H and O–H groups in total. The van der Waals surface area contributed by atoms with Crippen molar-refractivity contribution in [1.29, 1.82) is 0 Å². The topological polar surface area (TPSA) is 48.0 Å². The van der Waals surface area contributed by atoms with Gasteiger partial charge in [0.2, 0.25) is 0 Å². The largest absolute Gasteiger partial charge is 0.366 e. The van der Waals surface area contributed by atoms with Crippen LogP contribution < -0.4 is 5.73 Å². The van der Waals surface area contributed by atoms with Crippen LogP contribution in [0.4, 0.5) is 0 Å². The van der Waals surface area contributed by atoms with Crippen LogP contribution in [0.5, 0.6) is 0 Å². The van der Waals surface area contributed by atoms with Gasteiger partial charge in [0.25, 0.3) is 5.91 Å². The van der Waals surface area contributed by atoms with Crippen molar-refractivity contribution in [2.75, 3.05) is 0 Å². The van der Waals surface area contributed by atoms with Crippen LogP contribution in [0.3, 0.4) is 0 Å². The van der Waals surface area contributed by atoms with E-state index in [2.05, 4.69) is 49.6 Å². The molecule has 3 nitrogen and oxygen atoms in total. The van der Waals surface area contributed by atoms with E-state index in [-0.39, 0.29) is 5.91 Å². The zero-order valence-electron chi connectivity index (χ0n) is 16.1. The first-order chi connectivity index (χ1) is 12.0. The molecule has 0 fully saturated rings. The average molecular weight is 341 g/mol. The van der Waals surface area contributed by atoms with Gasteiger partial charge in [-0.3, -0.25) is 4.79 Å². The molecule has 3 heteroatoms. The molecule has 0 aliphatic rings. The number of rotatable bonds is 9. The first-order valence-electron chi connectivity index (χ1n) is 9.64. The van der Waals surface area contributed by atoms with E-state index in [1.807, 2.05) is 13.0 Å². The third-order valence-electron chi connectivity index (χ3n) is 5.18. The summed E-state index contributed by atoms with van der Waals surface area (Å²) < 4.78 is 2.30. The van der Waals surface area contributed by atoms with E-state index in [4.69, 9.17) is 5.73 Å². The van der Waals surface area contributed by atoms with Crippen LogP contribution in [-0.2, 0) is 6.42 Å². The minimum absolute atomic E-state index is 0.348. The second-order valence-electron chi connectivity index (χ2n) is 6.89. The molecule has 1 heterocycles. The Labute approximate surface area is 152 Å². The number of nitrogens with two attached hydrogens (primary N) is 1. The summed E-state index contributed by atoms with van der Waals surface area (Å²) in [4.78, 5) is 11.8. The van der Waals surface area contributed by atoms with Crippen LogP contribution in [0, 0.1) is 6.92 Å². The fraction of sp³-hybridized carbons (Fsp3) is 0.500. The van der Waals surface area contributed by atoms with Gasteiger partial charge < -0.3 is 10.3 Å². The molecular weight excluding hydrogens is 308 g/mol. The SMILES string of the molecule is CCCCCc1ccc(-c2cc(C(N)=O)c(C)n2C(CC)CC)cc1. The molecule has 2 aromatic rings. The molecule has 0 spiro atoms. The normalized spacial score (nSPS) is 11.2. The number of carbonyl (C=O) groups is 1. The Balaban J connectivity index is 2.40. The van der Waals surface area contributed by atoms with Crippen molar-refractivity contribution >= 4 is 5.91 Å². The summed E-state index contributed by atoms with van der Waals surface area (Å²) in [5, 5.41) is 0. The quantitative estimate of drug-likeness (QED) is 0.589. The first-order valence-corrected chi connectivity index (χ1v) is 9.64. The van der Waals surface area contributed by atoms with Gasteiger partial charge in [0.05, 0.1) is 5.56 Å². The van der Waals surface area contributed by atoms with Gasteiger partial charge in [-0.15, -0.1) is 0 Å². The fourth-order valence-electron chi connectivity index (χ4n) is 3.64. The number of aromatic nitrogens is 1. The lowest BCUT2D eigenvalue weighted by Crippen LogP contribution is -2.14. The van der Waals surface area contributed by atoms with Gasteiger partial charge in [-0.2, -0.15) is 0 Å². The molecule has 0 aliphatic heterocycles. The molecule has 25 heavy (non-hydrogen) atoms. The van der Waals surface area contributed by atoms with Gasteiger partial charge in [0, 0.05) is 17.4 Å².